The van der Waals surface area contributed by atoms with Crippen LogP contribution in [0.2, 0.25) is 0 Å². The predicted octanol–water partition coefficient (Wildman–Crippen LogP) is 1.88. The van der Waals surface area contributed by atoms with Gasteiger partial charge in [0.05, 0.1) is 19.3 Å². The summed E-state index contributed by atoms with van der Waals surface area (Å²) in [5.74, 6) is 0. The van der Waals surface area contributed by atoms with E-state index in [9.17, 15) is 0 Å². The van der Waals surface area contributed by atoms with Gasteiger partial charge in [0.2, 0.25) is 0 Å². The van der Waals surface area contributed by atoms with E-state index in [1.807, 2.05) is 0 Å². The van der Waals surface area contributed by atoms with Gasteiger partial charge >= 0.3 is 0 Å². The molecule has 4 heteroatoms. The molecule has 1 aliphatic rings. The van der Waals surface area contributed by atoms with Crippen LogP contribution < -0.4 is 0 Å². The third-order valence-electron chi connectivity index (χ3n) is 3.11. The van der Waals surface area contributed by atoms with Gasteiger partial charge in [-0.2, -0.15) is 0 Å². The molecule has 0 saturated heterocycles. The van der Waals surface area contributed by atoms with E-state index >= 15 is 0 Å². The first-order valence-electron chi connectivity index (χ1n) is 6.47. The summed E-state index contributed by atoms with van der Waals surface area (Å²) in [4.78, 5) is 4.58. The average Bonchev–Trinajstić information content (AvgIpc) is 2.68. The molecule has 17 heavy (non-hydrogen) atoms. The Morgan fingerprint density at radius 3 is 2.71 bits per heavy atom. The molecule has 0 aromatic carbocycles. The largest absolute Gasteiger partial charge is 0.382 e. The number of rotatable bonds is 8. The van der Waals surface area contributed by atoms with Crippen LogP contribution in [-0.2, 0) is 9.47 Å². The molecule has 1 heterocycles. The summed E-state index contributed by atoms with van der Waals surface area (Å²) < 4.78 is 10.8. The average molecular weight is 242 g/mol. The molecule has 4 nitrogen and oxygen atoms in total. The van der Waals surface area contributed by atoms with E-state index in [1.165, 1.54) is 12.8 Å². The Morgan fingerprint density at radius 2 is 2.06 bits per heavy atom. The molecule has 0 aliphatic carbocycles. The number of unbranched alkanes of at least 4 members (excludes halogenated alkanes) is 1. The summed E-state index contributed by atoms with van der Waals surface area (Å²) in [7, 11) is 3.80. The molecule has 0 radical (unpaired) electrons. The van der Waals surface area contributed by atoms with E-state index in [-0.39, 0.29) is 6.10 Å². The van der Waals surface area contributed by atoms with Crippen molar-refractivity contribution in [3.63, 3.8) is 0 Å². The Morgan fingerprint density at radius 1 is 1.29 bits per heavy atom. The maximum absolute atomic E-state index is 5.80. The van der Waals surface area contributed by atoms with Gasteiger partial charge in [0.15, 0.2) is 0 Å². The maximum Gasteiger partial charge on any atom is 0.127 e. The Hall–Kier alpha value is -0.740. The lowest BCUT2D eigenvalue weighted by atomic mass is 10.2. The summed E-state index contributed by atoms with van der Waals surface area (Å²) in [5, 5.41) is 0. The fourth-order valence-electron chi connectivity index (χ4n) is 2.15. The van der Waals surface area contributed by atoms with Crippen LogP contribution >= 0.6 is 0 Å². The van der Waals surface area contributed by atoms with Gasteiger partial charge < -0.3 is 19.3 Å². The van der Waals surface area contributed by atoms with Gasteiger partial charge in [0.1, 0.15) is 6.17 Å². The molecule has 0 bridgehead atoms. The quantitative estimate of drug-likeness (QED) is 0.607. The van der Waals surface area contributed by atoms with E-state index in [4.69, 9.17) is 9.47 Å². The van der Waals surface area contributed by atoms with Crippen LogP contribution in [0.3, 0.4) is 0 Å². The zero-order valence-electron chi connectivity index (χ0n) is 11.6. The summed E-state index contributed by atoms with van der Waals surface area (Å²) in [6.45, 7) is 6.76. The normalized spacial score (nSPS) is 21.3. The molecular weight excluding hydrogens is 216 g/mol. The predicted molar refractivity (Wildman–Crippen MR) is 69.6 cm³/mol. The standard InChI is InChI=1S/C13H26N2O2/c1-5-6-7-15-9-8-14(3)13(15)12(2)17-11-10-16-4/h8-9,12-13H,5-7,10-11H2,1-4H3. The molecule has 0 fully saturated rings. The smallest absolute Gasteiger partial charge is 0.127 e. The van der Waals surface area contributed by atoms with Crippen LogP contribution in [0.15, 0.2) is 12.4 Å². The van der Waals surface area contributed by atoms with Gasteiger partial charge in [-0.15, -0.1) is 0 Å². The van der Waals surface area contributed by atoms with Crippen molar-refractivity contribution in [3.05, 3.63) is 12.4 Å². The SMILES string of the molecule is CCCCN1C=CN(C)C1C(C)OCCOC. The molecule has 0 aromatic rings. The minimum atomic E-state index is 0.182. The van der Waals surface area contributed by atoms with Crippen molar-refractivity contribution in [2.24, 2.45) is 0 Å². The first-order valence-corrected chi connectivity index (χ1v) is 6.47. The second-order valence-electron chi connectivity index (χ2n) is 4.54. The molecule has 1 rings (SSSR count). The first kappa shape index (κ1) is 14.3. The lowest BCUT2D eigenvalue weighted by Crippen LogP contribution is -2.46. The molecule has 0 saturated carbocycles. The number of hydrogen-bond donors (Lipinski definition) is 0. The fourth-order valence-corrected chi connectivity index (χ4v) is 2.15. The Bertz CT molecular complexity index is 233. The lowest BCUT2D eigenvalue weighted by Gasteiger charge is -2.34. The number of hydrogen-bond acceptors (Lipinski definition) is 4. The van der Waals surface area contributed by atoms with Crippen LogP contribution in [0, 0.1) is 0 Å². The Labute approximate surface area is 105 Å². The van der Waals surface area contributed by atoms with Crippen molar-refractivity contribution in [2.45, 2.75) is 39.0 Å². The van der Waals surface area contributed by atoms with Crippen LogP contribution in [0.5, 0.6) is 0 Å². The van der Waals surface area contributed by atoms with Crippen LogP contribution in [-0.4, -0.2) is 56.0 Å². The van der Waals surface area contributed by atoms with Gasteiger partial charge in [-0.05, 0) is 13.3 Å². The van der Waals surface area contributed by atoms with Crippen molar-refractivity contribution in [2.75, 3.05) is 33.9 Å². The molecule has 0 amide bonds. The second-order valence-corrected chi connectivity index (χ2v) is 4.54. The highest BCUT2D eigenvalue weighted by Gasteiger charge is 2.29. The summed E-state index contributed by atoms with van der Waals surface area (Å²) in [6.07, 6.45) is 7.23. The van der Waals surface area contributed by atoms with E-state index in [0.717, 1.165) is 6.54 Å². The molecule has 1 aliphatic heterocycles. The minimum absolute atomic E-state index is 0.182. The molecule has 100 valence electrons. The van der Waals surface area contributed by atoms with E-state index in [0.29, 0.717) is 19.4 Å². The highest BCUT2D eigenvalue weighted by atomic mass is 16.5. The molecule has 2 atom stereocenters. The molecule has 0 aromatic heterocycles. The van der Waals surface area contributed by atoms with E-state index < -0.39 is 0 Å². The third-order valence-corrected chi connectivity index (χ3v) is 3.11. The number of likely N-dealkylation sites (N-methyl/N-ethyl adjacent to an activating group) is 1. The molecule has 0 N–H and O–H groups in total. The topological polar surface area (TPSA) is 24.9 Å². The summed E-state index contributed by atoms with van der Waals surface area (Å²) in [5.41, 5.74) is 0. The maximum atomic E-state index is 5.80. The van der Waals surface area contributed by atoms with E-state index in [2.05, 4.69) is 43.1 Å². The summed E-state index contributed by atoms with van der Waals surface area (Å²) >= 11 is 0. The lowest BCUT2D eigenvalue weighted by molar-refractivity contribution is -0.0402. The van der Waals surface area contributed by atoms with E-state index in [1.54, 1.807) is 7.11 Å². The van der Waals surface area contributed by atoms with Crippen LogP contribution in [0.4, 0.5) is 0 Å². The zero-order chi connectivity index (χ0) is 12.7. The summed E-state index contributed by atoms with van der Waals surface area (Å²) in [6, 6.07) is 0. The minimum Gasteiger partial charge on any atom is -0.382 e. The highest BCUT2D eigenvalue weighted by Crippen LogP contribution is 2.19. The molecule has 0 spiro atoms. The zero-order valence-corrected chi connectivity index (χ0v) is 11.6. The van der Waals surface area contributed by atoms with Crippen molar-refractivity contribution in [3.8, 4) is 0 Å². The third kappa shape index (κ3) is 4.21. The number of methoxy groups -OCH3 is 1. The van der Waals surface area contributed by atoms with Crippen molar-refractivity contribution in [1.29, 1.82) is 0 Å². The Kier molecular flexibility index (Phi) is 6.37. The monoisotopic (exact) mass is 242 g/mol. The Balaban J connectivity index is 2.41. The van der Waals surface area contributed by atoms with Gasteiger partial charge in [-0.25, -0.2) is 0 Å². The van der Waals surface area contributed by atoms with Crippen molar-refractivity contribution in [1.82, 2.24) is 9.80 Å². The second kappa shape index (κ2) is 7.56. The number of nitrogens with zero attached hydrogens (tertiary/aromatic N) is 2. The van der Waals surface area contributed by atoms with Gasteiger partial charge in [0.25, 0.3) is 0 Å². The van der Waals surface area contributed by atoms with Gasteiger partial charge in [-0.1, -0.05) is 13.3 Å². The molecule has 2 unspecified atom stereocenters. The van der Waals surface area contributed by atoms with Crippen molar-refractivity contribution >= 4 is 0 Å². The number of ether oxygens (including phenoxy) is 2. The van der Waals surface area contributed by atoms with Gasteiger partial charge in [0, 0.05) is 33.1 Å². The first-order chi connectivity index (χ1) is 8.20. The van der Waals surface area contributed by atoms with Crippen LogP contribution in [0.1, 0.15) is 26.7 Å². The van der Waals surface area contributed by atoms with Crippen LogP contribution in [0.25, 0.3) is 0 Å². The fraction of sp³-hybridized carbons (Fsp3) is 0.846. The highest BCUT2D eigenvalue weighted by molar-refractivity contribution is 4.97. The molecular formula is C13H26N2O2. The van der Waals surface area contributed by atoms with Gasteiger partial charge in [-0.3, -0.25) is 0 Å². The van der Waals surface area contributed by atoms with Crippen molar-refractivity contribution < 1.29 is 9.47 Å².